The Bertz CT molecular complexity index is 2780. The number of hydrogen-bond acceptors (Lipinski definition) is 14. The normalized spacial score (nSPS) is 21.1. The summed E-state index contributed by atoms with van der Waals surface area (Å²) in [7, 11) is 0. The number of hydrogen-bond donors (Lipinski definition) is 4. The first-order valence-corrected chi connectivity index (χ1v) is 24.4. The Balaban J connectivity index is 1.19. The monoisotopic (exact) mass is 976 g/mol. The van der Waals surface area contributed by atoms with Gasteiger partial charge in [-0.05, 0) is 154 Å². The summed E-state index contributed by atoms with van der Waals surface area (Å²) in [6.45, 7) is 24.9. The summed E-state index contributed by atoms with van der Waals surface area (Å²) < 4.78 is 24.7. The third-order valence-corrected chi connectivity index (χ3v) is 14.9. The number of fused-ring (bicyclic) bond motifs is 2. The zero-order valence-electron chi connectivity index (χ0n) is 43.5. The highest BCUT2D eigenvalue weighted by atomic mass is 16.6. The van der Waals surface area contributed by atoms with Crippen LogP contribution >= 0.6 is 0 Å². The number of benzene rings is 3. The van der Waals surface area contributed by atoms with Gasteiger partial charge in [0.15, 0.2) is 0 Å². The number of ether oxygens (including phenoxy) is 4. The number of phenolic OH excluding ortho intramolecular Hbond substituents is 2. The molecule has 3 aromatic carbocycles. The average molecular weight is 977 g/mol. The van der Waals surface area contributed by atoms with E-state index in [-0.39, 0.29) is 71.7 Å². The Kier molecular flexibility index (Phi) is 14.0. The van der Waals surface area contributed by atoms with E-state index in [2.05, 4.69) is 10.4 Å². The molecule has 0 saturated heterocycles. The lowest BCUT2D eigenvalue weighted by atomic mass is 9.79. The third-order valence-electron chi connectivity index (χ3n) is 14.9. The van der Waals surface area contributed by atoms with E-state index in [9.17, 15) is 39.3 Å². The summed E-state index contributed by atoms with van der Waals surface area (Å²) in [5.41, 5.74) is 3.55. The second-order valence-electron chi connectivity index (χ2n) is 20.8. The van der Waals surface area contributed by atoms with Crippen molar-refractivity contribution in [2.24, 2.45) is 11.0 Å². The van der Waals surface area contributed by atoms with Crippen molar-refractivity contribution in [2.75, 3.05) is 36.5 Å². The van der Waals surface area contributed by atoms with Crippen molar-refractivity contribution < 1.29 is 58.2 Å². The molecule has 1 aliphatic carbocycles. The molecule has 3 heterocycles. The molecular formula is C55H68N4O12. The maximum atomic E-state index is 14.1. The quantitative estimate of drug-likeness (QED) is 0.0935. The molecule has 0 spiro atoms. The van der Waals surface area contributed by atoms with Crippen molar-refractivity contribution in [2.45, 2.75) is 146 Å². The zero-order valence-corrected chi connectivity index (χ0v) is 43.5. The molecule has 16 heteroatoms. The number of rotatable bonds is 13. The fraction of sp³-hybridized carbons (Fsp3) is 0.491. The van der Waals surface area contributed by atoms with Crippen LogP contribution in [0.2, 0.25) is 0 Å². The standard InChI is InChI=1S/C55H68N4O12/c1-15-27(2)49(64)56-39-26-35(16-17-38(39)41-45(62)42(46(41)63)40-34(9)57-59(50(40)65)53(10,11)12)58(22-24-68-51(66)54(13)20-18-36-32(7)43(60)28(3)30(5)47(36)70-54)23-25-69-52(67)55(14)21-19-37-33(8)44(61)29(4)31(6)48(37)71-55/h16-17,26-27,60-62H,15,18-25H2,1-14H3,(H,56,64). The summed E-state index contributed by atoms with van der Waals surface area (Å²) >= 11 is 0. The van der Waals surface area contributed by atoms with E-state index >= 15 is 0 Å². The number of nitrogens with one attached hydrogen (secondary N) is 1. The Morgan fingerprint density at radius 1 is 0.775 bits per heavy atom. The molecule has 0 saturated carbocycles. The van der Waals surface area contributed by atoms with Gasteiger partial charge in [0.2, 0.25) is 22.9 Å². The largest absolute Gasteiger partial charge is 0.507 e. The number of carbonyl (C=O) groups excluding carboxylic acids is 5. The van der Waals surface area contributed by atoms with Gasteiger partial charge >= 0.3 is 11.9 Å². The molecule has 7 rings (SSSR count). The highest BCUT2D eigenvalue weighted by Gasteiger charge is 2.47. The predicted molar refractivity (Wildman–Crippen MR) is 269 cm³/mol. The van der Waals surface area contributed by atoms with Crippen LogP contribution in [0, 0.1) is 47.5 Å². The summed E-state index contributed by atoms with van der Waals surface area (Å²) in [4.78, 5) is 70.9. The lowest BCUT2D eigenvalue weighted by Crippen LogP contribution is -2.47. The molecule has 3 atom stereocenters. The van der Waals surface area contributed by atoms with Gasteiger partial charge in [-0.25, -0.2) is 14.6 Å². The molecule has 2 amide bonds. The summed E-state index contributed by atoms with van der Waals surface area (Å²) in [6, 6.07) is 4.92. The molecule has 380 valence electrons. The van der Waals surface area contributed by atoms with Gasteiger partial charge in [-0.3, -0.25) is 14.4 Å². The molecule has 0 aromatic heterocycles. The Morgan fingerprint density at radius 2 is 1.27 bits per heavy atom. The number of esters is 2. The number of amides is 2. The third kappa shape index (κ3) is 9.21. The van der Waals surface area contributed by atoms with E-state index in [1.165, 1.54) is 5.01 Å². The number of anilines is 2. The first-order valence-electron chi connectivity index (χ1n) is 24.4. The topological polar surface area (TPSA) is 214 Å². The predicted octanol–water partition coefficient (Wildman–Crippen LogP) is 8.56. The molecule has 3 unspecified atom stereocenters. The van der Waals surface area contributed by atoms with Crippen LogP contribution in [0.4, 0.5) is 11.4 Å². The van der Waals surface area contributed by atoms with Crippen molar-refractivity contribution in [1.82, 2.24) is 5.01 Å². The molecule has 4 aliphatic rings. The first kappa shape index (κ1) is 52.0. The second kappa shape index (κ2) is 19.1. The molecule has 4 N–H and O–H groups in total. The van der Waals surface area contributed by atoms with Crippen LogP contribution in [-0.2, 0) is 46.3 Å². The molecule has 3 aromatic rings. The van der Waals surface area contributed by atoms with Crippen molar-refractivity contribution >= 4 is 52.2 Å². The van der Waals surface area contributed by atoms with E-state index in [4.69, 9.17) is 18.9 Å². The number of hydrazone groups is 1. The number of aromatic hydroxyl groups is 2. The highest BCUT2D eigenvalue weighted by molar-refractivity contribution is 6.44. The van der Waals surface area contributed by atoms with Gasteiger partial charge in [-0.1, -0.05) is 13.8 Å². The molecule has 3 aliphatic heterocycles. The Hall–Kier alpha value is -6.84. The number of Topliss-reactive ketones (excluding diaryl/α,β-unsaturated/α-hetero) is 1. The Labute approximate surface area is 415 Å². The van der Waals surface area contributed by atoms with Gasteiger partial charge in [0.05, 0.1) is 46.7 Å². The van der Waals surface area contributed by atoms with Gasteiger partial charge in [0.25, 0.3) is 5.91 Å². The molecule has 71 heavy (non-hydrogen) atoms. The second-order valence-corrected chi connectivity index (χ2v) is 20.8. The minimum absolute atomic E-state index is 0.0102. The van der Waals surface area contributed by atoms with Crippen molar-refractivity contribution in [3.63, 3.8) is 0 Å². The van der Waals surface area contributed by atoms with Crippen molar-refractivity contribution in [3.05, 3.63) is 85.2 Å². The number of aliphatic hydroxyl groups excluding tert-OH is 1. The Morgan fingerprint density at radius 3 is 1.70 bits per heavy atom. The van der Waals surface area contributed by atoms with Crippen molar-refractivity contribution in [1.29, 1.82) is 0 Å². The number of carbonyl (C=O) groups is 5. The number of phenols is 2. The van der Waals surface area contributed by atoms with E-state index in [1.807, 2.05) is 60.3 Å². The van der Waals surface area contributed by atoms with E-state index in [0.29, 0.717) is 77.3 Å². The van der Waals surface area contributed by atoms with Gasteiger partial charge in [-0.2, -0.15) is 5.10 Å². The molecule has 0 bridgehead atoms. The lowest BCUT2D eigenvalue weighted by molar-refractivity contribution is -0.162. The van der Waals surface area contributed by atoms with E-state index in [0.717, 1.165) is 22.3 Å². The van der Waals surface area contributed by atoms with Crippen LogP contribution in [0.15, 0.2) is 40.2 Å². The maximum absolute atomic E-state index is 14.1. The van der Waals surface area contributed by atoms with Crippen molar-refractivity contribution in [3.8, 4) is 23.0 Å². The molecule has 0 fully saturated rings. The lowest BCUT2D eigenvalue weighted by Gasteiger charge is -2.36. The van der Waals surface area contributed by atoms with E-state index < -0.39 is 52.0 Å². The smallest absolute Gasteiger partial charge is 0.350 e. The highest BCUT2D eigenvalue weighted by Crippen LogP contribution is 2.47. The number of allylic oxidation sites excluding steroid dienone is 2. The van der Waals surface area contributed by atoms with Crippen LogP contribution in [0.1, 0.15) is 125 Å². The number of aliphatic hydroxyl groups is 1. The van der Waals surface area contributed by atoms with Crippen LogP contribution in [0.25, 0.3) is 5.57 Å². The van der Waals surface area contributed by atoms with Crippen LogP contribution in [-0.4, -0.2) is 98.6 Å². The molecular weight excluding hydrogens is 909 g/mol. The minimum Gasteiger partial charge on any atom is -0.507 e. The minimum atomic E-state index is -1.33. The number of nitrogens with zero attached hydrogens (tertiary/aromatic N) is 3. The fourth-order valence-corrected chi connectivity index (χ4v) is 9.58. The number of ketones is 1. The maximum Gasteiger partial charge on any atom is 0.350 e. The van der Waals surface area contributed by atoms with Crippen LogP contribution < -0.4 is 19.7 Å². The molecule has 16 nitrogen and oxygen atoms in total. The van der Waals surface area contributed by atoms with Gasteiger partial charge in [0.1, 0.15) is 42.0 Å². The fourth-order valence-electron chi connectivity index (χ4n) is 9.58. The van der Waals surface area contributed by atoms with Gasteiger partial charge in [-0.15, -0.1) is 0 Å². The van der Waals surface area contributed by atoms with Crippen LogP contribution in [0.3, 0.4) is 0 Å². The van der Waals surface area contributed by atoms with Gasteiger partial charge < -0.3 is 44.5 Å². The summed E-state index contributed by atoms with van der Waals surface area (Å²) in [5.74, 6) is -1.92. The average Bonchev–Trinajstić information content (AvgIpc) is 3.63. The van der Waals surface area contributed by atoms with Crippen LogP contribution in [0.5, 0.6) is 23.0 Å². The van der Waals surface area contributed by atoms with Gasteiger partial charge in [0, 0.05) is 41.1 Å². The van der Waals surface area contributed by atoms with E-state index in [1.54, 1.807) is 59.7 Å². The first-order chi connectivity index (χ1) is 33.2. The molecule has 0 radical (unpaired) electrons. The zero-order chi connectivity index (χ0) is 52.4. The summed E-state index contributed by atoms with van der Waals surface area (Å²) in [6.07, 6.45) is 2.10. The SMILES string of the molecule is CCC(C)C(=O)Nc1cc(N(CCOC(=O)C2(C)CCc3c(C)c(O)c(C)c(C)c3O2)CCOC(=O)C2(C)CCc3c(C)c(O)c(C)c(C)c3O2)ccc1C1=C(O)C(=C2C(=O)N(C(C)(C)C)N=C2C)C1=O. The summed E-state index contributed by atoms with van der Waals surface area (Å²) in [5, 5.41) is 41.6.